The van der Waals surface area contributed by atoms with Gasteiger partial charge in [0.05, 0.1) is 0 Å². The first-order chi connectivity index (χ1) is 10.6. The Balaban J connectivity index is 2.15. The zero-order valence-corrected chi connectivity index (χ0v) is 14.5. The molecule has 0 saturated carbocycles. The molecule has 1 aliphatic rings. The number of hydrogen-bond acceptors (Lipinski definition) is 2. The number of halogens is 1. The van der Waals surface area contributed by atoms with Gasteiger partial charge in [-0.15, -0.1) is 0 Å². The van der Waals surface area contributed by atoms with Gasteiger partial charge in [0.25, 0.3) is 0 Å². The molecule has 0 N–H and O–H groups in total. The van der Waals surface area contributed by atoms with Crippen molar-refractivity contribution in [1.29, 1.82) is 0 Å². The average Bonchev–Trinajstić information content (AvgIpc) is 2.43. The van der Waals surface area contributed by atoms with Crippen LogP contribution in [0.15, 0.2) is 18.2 Å². The molecular weight excluding hydrogens is 295 g/mol. The normalized spacial score (nSPS) is 19.2. The minimum absolute atomic E-state index is 0.00640. The van der Waals surface area contributed by atoms with E-state index in [0.717, 1.165) is 0 Å². The lowest BCUT2D eigenvalue weighted by atomic mass is 9.91. The minimum Gasteiger partial charge on any atom is -0.329 e. The summed E-state index contributed by atoms with van der Waals surface area (Å²) in [6.07, 6.45) is 0.407. The van der Waals surface area contributed by atoms with Crippen molar-refractivity contribution < 1.29 is 14.0 Å². The van der Waals surface area contributed by atoms with Crippen LogP contribution in [0.25, 0.3) is 0 Å². The molecule has 2 amide bonds. The van der Waals surface area contributed by atoms with Gasteiger partial charge in [0.2, 0.25) is 11.8 Å². The Morgan fingerprint density at radius 2 is 1.96 bits per heavy atom. The number of amides is 2. The van der Waals surface area contributed by atoms with Crippen molar-refractivity contribution >= 4 is 17.5 Å². The number of nitrogens with zero attached hydrogens (tertiary/aromatic N) is 2. The third-order valence-corrected chi connectivity index (χ3v) is 4.12. The van der Waals surface area contributed by atoms with E-state index >= 15 is 0 Å². The molecule has 1 atom stereocenters. The molecule has 1 heterocycles. The molecule has 5 heteroatoms. The smallest absolute Gasteiger partial charge is 0.249 e. The van der Waals surface area contributed by atoms with Crippen LogP contribution in [0, 0.1) is 18.2 Å². The molecule has 1 aromatic rings. The SMILES string of the molecule is Cc1ccc(N2CCN(C(=O)CC(C)(C)C)C(C)C2=O)cc1F. The van der Waals surface area contributed by atoms with Crippen LogP contribution in [-0.4, -0.2) is 35.8 Å². The first-order valence-electron chi connectivity index (χ1n) is 7.97. The number of piperazine rings is 1. The second kappa shape index (κ2) is 6.30. The van der Waals surface area contributed by atoms with Crippen molar-refractivity contribution in [2.45, 2.75) is 47.1 Å². The summed E-state index contributed by atoms with van der Waals surface area (Å²) in [5.74, 6) is -0.496. The van der Waals surface area contributed by atoms with Crippen LogP contribution >= 0.6 is 0 Å². The molecule has 4 nitrogen and oxygen atoms in total. The van der Waals surface area contributed by atoms with Gasteiger partial charge in [0.15, 0.2) is 0 Å². The molecule has 0 bridgehead atoms. The Hall–Kier alpha value is -1.91. The third kappa shape index (κ3) is 3.89. The van der Waals surface area contributed by atoms with Gasteiger partial charge in [-0.1, -0.05) is 26.8 Å². The first-order valence-corrected chi connectivity index (χ1v) is 7.97. The monoisotopic (exact) mass is 320 g/mol. The number of carbonyl (C=O) groups excluding carboxylic acids is 2. The molecule has 1 unspecified atom stereocenters. The summed E-state index contributed by atoms with van der Waals surface area (Å²) in [5, 5.41) is 0. The van der Waals surface area contributed by atoms with Crippen molar-refractivity contribution in [3.63, 3.8) is 0 Å². The zero-order valence-electron chi connectivity index (χ0n) is 14.5. The number of hydrogen-bond donors (Lipinski definition) is 0. The summed E-state index contributed by atoms with van der Waals surface area (Å²) in [5.41, 5.74) is 0.984. The van der Waals surface area contributed by atoms with Crippen molar-refractivity contribution in [3.8, 4) is 0 Å². The highest BCUT2D eigenvalue weighted by molar-refractivity contribution is 6.00. The Kier molecular flexibility index (Phi) is 4.78. The van der Waals surface area contributed by atoms with Crippen molar-refractivity contribution in [1.82, 2.24) is 4.90 Å². The van der Waals surface area contributed by atoms with Crippen molar-refractivity contribution in [2.75, 3.05) is 18.0 Å². The quantitative estimate of drug-likeness (QED) is 0.840. The van der Waals surface area contributed by atoms with E-state index in [1.54, 1.807) is 35.8 Å². The molecular formula is C18H25FN2O2. The molecule has 0 radical (unpaired) electrons. The maximum Gasteiger partial charge on any atom is 0.249 e. The summed E-state index contributed by atoms with van der Waals surface area (Å²) < 4.78 is 13.7. The van der Waals surface area contributed by atoms with E-state index in [1.165, 1.54) is 6.07 Å². The van der Waals surface area contributed by atoms with E-state index in [-0.39, 0.29) is 23.0 Å². The van der Waals surface area contributed by atoms with E-state index in [0.29, 0.717) is 30.8 Å². The van der Waals surface area contributed by atoms with E-state index in [9.17, 15) is 14.0 Å². The summed E-state index contributed by atoms with van der Waals surface area (Å²) in [4.78, 5) is 28.2. The van der Waals surface area contributed by atoms with Crippen LogP contribution in [0.5, 0.6) is 0 Å². The number of aryl methyl sites for hydroxylation is 1. The topological polar surface area (TPSA) is 40.6 Å². The summed E-state index contributed by atoms with van der Waals surface area (Å²) in [7, 11) is 0. The Morgan fingerprint density at radius 1 is 1.30 bits per heavy atom. The maximum absolute atomic E-state index is 13.7. The van der Waals surface area contributed by atoms with Gasteiger partial charge in [-0.25, -0.2) is 4.39 Å². The lowest BCUT2D eigenvalue weighted by Crippen LogP contribution is -2.58. The van der Waals surface area contributed by atoms with Gasteiger partial charge in [0, 0.05) is 25.2 Å². The number of anilines is 1. The number of carbonyl (C=O) groups is 2. The van der Waals surface area contributed by atoms with E-state index < -0.39 is 6.04 Å². The second-order valence-electron chi connectivity index (χ2n) is 7.42. The molecule has 1 fully saturated rings. The predicted octanol–water partition coefficient (Wildman–Crippen LogP) is 3.13. The van der Waals surface area contributed by atoms with E-state index in [2.05, 4.69) is 0 Å². The van der Waals surface area contributed by atoms with Gasteiger partial charge in [-0.05, 0) is 37.0 Å². The third-order valence-electron chi connectivity index (χ3n) is 4.12. The van der Waals surface area contributed by atoms with Crippen molar-refractivity contribution in [3.05, 3.63) is 29.6 Å². The van der Waals surface area contributed by atoms with Gasteiger partial charge in [-0.2, -0.15) is 0 Å². The minimum atomic E-state index is -0.525. The highest BCUT2D eigenvalue weighted by atomic mass is 19.1. The number of benzene rings is 1. The number of rotatable bonds is 2. The highest BCUT2D eigenvalue weighted by Gasteiger charge is 2.36. The molecule has 0 aromatic heterocycles. The predicted molar refractivity (Wildman–Crippen MR) is 88.7 cm³/mol. The van der Waals surface area contributed by atoms with Crippen LogP contribution in [0.3, 0.4) is 0 Å². The van der Waals surface area contributed by atoms with E-state index in [1.807, 2.05) is 20.8 Å². The molecule has 1 saturated heterocycles. The lowest BCUT2D eigenvalue weighted by Gasteiger charge is -2.40. The van der Waals surface area contributed by atoms with Gasteiger partial charge < -0.3 is 9.80 Å². The van der Waals surface area contributed by atoms with Gasteiger partial charge >= 0.3 is 0 Å². The summed E-state index contributed by atoms with van der Waals surface area (Å²) in [6, 6.07) is 4.27. The second-order valence-corrected chi connectivity index (χ2v) is 7.42. The highest BCUT2D eigenvalue weighted by Crippen LogP contribution is 2.25. The Bertz CT molecular complexity index is 622. The average molecular weight is 320 g/mol. The Morgan fingerprint density at radius 3 is 2.52 bits per heavy atom. The zero-order chi connectivity index (χ0) is 17.4. The van der Waals surface area contributed by atoms with Crippen LogP contribution in [0.4, 0.5) is 10.1 Å². The van der Waals surface area contributed by atoms with E-state index in [4.69, 9.17) is 0 Å². The molecule has 0 spiro atoms. The molecule has 23 heavy (non-hydrogen) atoms. The largest absolute Gasteiger partial charge is 0.329 e. The Labute approximate surface area is 137 Å². The molecule has 1 aromatic carbocycles. The van der Waals surface area contributed by atoms with Crippen LogP contribution in [0.2, 0.25) is 0 Å². The van der Waals surface area contributed by atoms with Crippen LogP contribution in [0.1, 0.15) is 39.7 Å². The summed E-state index contributed by atoms with van der Waals surface area (Å²) in [6.45, 7) is 10.3. The lowest BCUT2D eigenvalue weighted by molar-refractivity contribution is -0.142. The first kappa shape index (κ1) is 17.4. The fourth-order valence-electron chi connectivity index (χ4n) is 2.77. The fraction of sp³-hybridized carbons (Fsp3) is 0.556. The molecule has 0 aliphatic carbocycles. The summed E-state index contributed by atoms with van der Waals surface area (Å²) >= 11 is 0. The van der Waals surface area contributed by atoms with Crippen LogP contribution < -0.4 is 4.90 Å². The molecule has 1 aliphatic heterocycles. The van der Waals surface area contributed by atoms with Gasteiger partial charge in [-0.3, -0.25) is 9.59 Å². The standard InChI is InChI=1S/C18H25FN2O2/c1-12-6-7-14(10-15(12)19)21-9-8-20(13(2)17(21)23)16(22)11-18(3,4)5/h6-7,10,13H,8-9,11H2,1-5H3. The molecule has 126 valence electrons. The van der Waals surface area contributed by atoms with Crippen molar-refractivity contribution in [2.24, 2.45) is 5.41 Å². The maximum atomic E-state index is 13.7. The molecule has 2 rings (SSSR count). The van der Waals surface area contributed by atoms with Crippen LogP contribution in [-0.2, 0) is 9.59 Å². The fourth-order valence-corrected chi connectivity index (χ4v) is 2.77. The van der Waals surface area contributed by atoms with Gasteiger partial charge in [0.1, 0.15) is 11.9 Å².